The van der Waals surface area contributed by atoms with Gasteiger partial charge in [0.2, 0.25) is 0 Å². The molecular weight excluding hydrogens is 322 g/mol. The molecule has 1 fully saturated rings. The fourth-order valence-corrected chi connectivity index (χ4v) is 2.53. The first kappa shape index (κ1) is 20.8. The number of ether oxygens (including phenoxy) is 4. The number of rotatable bonds is 8. The van der Waals surface area contributed by atoms with Gasteiger partial charge in [-0.1, -0.05) is 0 Å². The first-order valence-electron chi connectivity index (χ1n) is 7.49. The lowest BCUT2D eigenvalue weighted by Crippen LogP contribution is -2.63. The van der Waals surface area contributed by atoms with Crippen molar-refractivity contribution in [1.82, 2.24) is 0 Å². The van der Waals surface area contributed by atoms with Crippen LogP contribution in [-0.2, 0) is 23.7 Å². The maximum absolute atomic E-state index is 12.5. The number of methoxy groups -OCH3 is 1. The lowest BCUT2D eigenvalue weighted by Gasteiger charge is -2.44. The summed E-state index contributed by atoms with van der Waals surface area (Å²) >= 11 is 1.43. The third-order valence-corrected chi connectivity index (χ3v) is 4.09. The van der Waals surface area contributed by atoms with Crippen molar-refractivity contribution in [2.45, 2.75) is 63.4 Å². The van der Waals surface area contributed by atoms with Gasteiger partial charge in [-0.25, -0.2) is 0 Å². The zero-order valence-electron chi connectivity index (χ0n) is 14.7. The topological polar surface area (TPSA) is 100 Å². The van der Waals surface area contributed by atoms with Gasteiger partial charge in [0.05, 0.1) is 18.1 Å². The minimum Gasteiger partial charge on any atom is -0.382 e. The van der Waals surface area contributed by atoms with Crippen LogP contribution < -0.4 is 5.73 Å². The van der Waals surface area contributed by atoms with Crippen molar-refractivity contribution in [2.24, 2.45) is 5.73 Å². The number of hydrogen-bond acceptors (Lipinski definition) is 8. The summed E-state index contributed by atoms with van der Waals surface area (Å²) in [5.41, 5.74) is 4.13. The van der Waals surface area contributed by atoms with Crippen molar-refractivity contribution in [3.63, 3.8) is 0 Å². The lowest BCUT2D eigenvalue weighted by atomic mass is 9.88. The van der Waals surface area contributed by atoms with Gasteiger partial charge >= 0.3 is 0 Å². The number of aliphatic hydroxyl groups is 1. The Hall–Kier alpha value is -0.220. The zero-order chi connectivity index (χ0) is 17.8. The molecule has 0 aromatic carbocycles. The van der Waals surface area contributed by atoms with Crippen molar-refractivity contribution in [3.8, 4) is 0 Å². The molecule has 3 N–H and O–H groups in total. The molecule has 4 atom stereocenters. The Morgan fingerprint density at radius 3 is 2.43 bits per heavy atom. The van der Waals surface area contributed by atoms with Gasteiger partial charge in [0.15, 0.2) is 5.78 Å². The molecule has 0 aromatic rings. The van der Waals surface area contributed by atoms with Gasteiger partial charge in [0.25, 0.3) is 0 Å². The predicted octanol–water partition coefficient (Wildman–Crippen LogP) is 0.526. The molecule has 0 bridgehead atoms. The normalized spacial score (nSPS) is 29.8. The molecule has 0 saturated carbocycles. The molecular formula is C15H29NO6S. The van der Waals surface area contributed by atoms with Crippen LogP contribution in [-0.4, -0.2) is 72.5 Å². The van der Waals surface area contributed by atoms with E-state index in [0.29, 0.717) is 5.94 Å². The molecule has 0 aliphatic carbocycles. The van der Waals surface area contributed by atoms with Crippen molar-refractivity contribution in [1.29, 1.82) is 0 Å². The molecule has 1 heterocycles. The number of Topliss-reactive ketones (excluding diaryl/α,β-unsaturated/α-hetero) is 1. The number of thioether (sulfide) groups is 1. The van der Waals surface area contributed by atoms with Crippen LogP contribution >= 0.6 is 11.8 Å². The fourth-order valence-electron chi connectivity index (χ4n) is 2.25. The number of aliphatic hydroxyl groups excluding tert-OH is 1. The Bertz CT molecular complexity index is 398. The van der Waals surface area contributed by atoms with Crippen molar-refractivity contribution in [3.05, 3.63) is 0 Å². The Labute approximate surface area is 142 Å². The second kappa shape index (κ2) is 8.24. The SMILES string of the molecule is COC(C)(C)C1OC(COC(C)(C)N)C(OCSC)C(=O)C1O. The first-order valence-corrected chi connectivity index (χ1v) is 8.88. The van der Waals surface area contributed by atoms with Crippen LogP contribution in [0.15, 0.2) is 0 Å². The minimum atomic E-state index is -1.32. The van der Waals surface area contributed by atoms with E-state index in [1.807, 2.05) is 6.26 Å². The smallest absolute Gasteiger partial charge is 0.195 e. The lowest BCUT2D eigenvalue weighted by molar-refractivity contribution is -0.235. The van der Waals surface area contributed by atoms with Gasteiger partial charge in [-0.2, -0.15) is 0 Å². The van der Waals surface area contributed by atoms with Crippen LogP contribution in [0.1, 0.15) is 27.7 Å². The van der Waals surface area contributed by atoms with Crippen LogP contribution in [0.2, 0.25) is 0 Å². The van der Waals surface area contributed by atoms with E-state index in [4.69, 9.17) is 24.7 Å². The molecule has 4 unspecified atom stereocenters. The Kier molecular flexibility index (Phi) is 7.46. The Morgan fingerprint density at radius 2 is 1.96 bits per heavy atom. The quantitative estimate of drug-likeness (QED) is 0.611. The van der Waals surface area contributed by atoms with Gasteiger partial charge in [0, 0.05) is 7.11 Å². The second-order valence-electron chi connectivity index (χ2n) is 6.66. The highest BCUT2D eigenvalue weighted by Gasteiger charge is 2.50. The molecule has 1 saturated heterocycles. The van der Waals surface area contributed by atoms with Crippen molar-refractivity contribution < 1.29 is 28.8 Å². The number of nitrogens with two attached hydrogens (primary N) is 1. The molecule has 1 rings (SSSR count). The molecule has 8 heteroatoms. The molecule has 7 nitrogen and oxygen atoms in total. The monoisotopic (exact) mass is 351 g/mol. The van der Waals surface area contributed by atoms with E-state index >= 15 is 0 Å². The highest BCUT2D eigenvalue weighted by molar-refractivity contribution is 7.98. The standard InChI is InChI=1S/C15H29NO6S/c1-14(2,19-5)13-11(18)10(17)12(20-8-23-6)9(22-13)7-21-15(3,4)16/h9,11-13,18H,7-8,16H2,1-6H3. The van der Waals surface area contributed by atoms with E-state index in [0.717, 1.165) is 0 Å². The summed E-state index contributed by atoms with van der Waals surface area (Å²) in [7, 11) is 1.51. The first-order chi connectivity index (χ1) is 10.5. The van der Waals surface area contributed by atoms with Crippen LogP contribution in [0.3, 0.4) is 0 Å². The number of carbonyl (C=O) groups is 1. The average molecular weight is 351 g/mol. The minimum absolute atomic E-state index is 0.0807. The van der Waals surface area contributed by atoms with Crippen LogP contribution in [0, 0.1) is 0 Å². The highest BCUT2D eigenvalue weighted by Crippen LogP contribution is 2.30. The Balaban J connectivity index is 2.95. The largest absolute Gasteiger partial charge is 0.382 e. The molecule has 136 valence electrons. The zero-order valence-corrected chi connectivity index (χ0v) is 15.5. The Morgan fingerprint density at radius 1 is 1.35 bits per heavy atom. The average Bonchev–Trinajstić information content (AvgIpc) is 2.46. The summed E-state index contributed by atoms with van der Waals surface area (Å²) in [4.78, 5) is 12.5. The van der Waals surface area contributed by atoms with E-state index < -0.39 is 41.5 Å². The molecule has 0 spiro atoms. The summed E-state index contributed by atoms with van der Waals surface area (Å²) in [6.45, 7) is 7.00. The molecule has 0 radical (unpaired) electrons. The summed E-state index contributed by atoms with van der Waals surface area (Å²) in [6.07, 6.45) is -1.85. The van der Waals surface area contributed by atoms with E-state index in [1.165, 1.54) is 18.9 Å². The number of ketones is 1. The van der Waals surface area contributed by atoms with Gasteiger partial charge in [-0.05, 0) is 34.0 Å². The maximum Gasteiger partial charge on any atom is 0.195 e. The number of hydrogen-bond donors (Lipinski definition) is 2. The fraction of sp³-hybridized carbons (Fsp3) is 0.933. The van der Waals surface area contributed by atoms with Crippen LogP contribution in [0.25, 0.3) is 0 Å². The molecule has 1 aliphatic rings. The molecule has 23 heavy (non-hydrogen) atoms. The molecule has 0 amide bonds. The second-order valence-corrected chi connectivity index (χ2v) is 7.47. The van der Waals surface area contributed by atoms with Crippen molar-refractivity contribution >= 4 is 17.5 Å². The van der Waals surface area contributed by atoms with E-state index in [1.54, 1.807) is 27.7 Å². The van der Waals surface area contributed by atoms with Gasteiger partial charge in [0.1, 0.15) is 30.1 Å². The summed E-state index contributed by atoms with van der Waals surface area (Å²) in [6, 6.07) is 0. The van der Waals surface area contributed by atoms with E-state index in [9.17, 15) is 9.90 Å². The van der Waals surface area contributed by atoms with E-state index in [2.05, 4.69) is 0 Å². The number of carbonyl (C=O) groups excluding carboxylic acids is 1. The summed E-state index contributed by atoms with van der Waals surface area (Å²) < 4.78 is 22.4. The van der Waals surface area contributed by atoms with Crippen LogP contribution in [0.5, 0.6) is 0 Å². The van der Waals surface area contributed by atoms with Crippen molar-refractivity contribution in [2.75, 3.05) is 25.9 Å². The predicted molar refractivity (Wildman–Crippen MR) is 88.2 cm³/mol. The third-order valence-electron chi connectivity index (χ3n) is 3.71. The molecule has 0 aromatic heterocycles. The van der Waals surface area contributed by atoms with Crippen LogP contribution in [0.4, 0.5) is 0 Å². The van der Waals surface area contributed by atoms with Gasteiger partial charge in [-0.15, -0.1) is 11.8 Å². The van der Waals surface area contributed by atoms with E-state index in [-0.39, 0.29) is 6.61 Å². The summed E-state index contributed by atoms with van der Waals surface area (Å²) in [5, 5.41) is 10.3. The molecule has 1 aliphatic heterocycles. The highest BCUT2D eigenvalue weighted by atomic mass is 32.2. The third kappa shape index (κ3) is 5.67. The van der Waals surface area contributed by atoms with Gasteiger partial charge in [-0.3, -0.25) is 4.79 Å². The van der Waals surface area contributed by atoms with Gasteiger partial charge < -0.3 is 29.8 Å². The maximum atomic E-state index is 12.5. The summed E-state index contributed by atoms with van der Waals surface area (Å²) in [5.74, 6) is -0.114.